The highest BCUT2D eigenvalue weighted by molar-refractivity contribution is 8.02. The van der Waals surface area contributed by atoms with Crippen LogP contribution in [0.15, 0.2) is 28.5 Å². The molecule has 2 aliphatic rings. The number of esters is 1. The van der Waals surface area contributed by atoms with E-state index in [0.717, 1.165) is 4.88 Å². The molecule has 2 aliphatic heterocycles. The van der Waals surface area contributed by atoms with Gasteiger partial charge in [-0.1, -0.05) is 6.07 Å². The van der Waals surface area contributed by atoms with Crippen LogP contribution in [0.3, 0.4) is 0 Å². The van der Waals surface area contributed by atoms with E-state index in [-0.39, 0.29) is 30.9 Å². The number of amides is 2. The molecule has 1 aromatic heterocycles. The molecule has 1 saturated heterocycles. The van der Waals surface area contributed by atoms with E-state index in [0.29, 0.717) is 0 Å². The zero-order valence-corrected chi connectivity index (χ0v) is 17.1. The zero-order valence-electron chi connectivity index (χ0n) is 15.4. The molecule has 2 amide bonds. The summed E-state index contributed by atoms with van der Waals surface area (Å²) in [5.41, 5.74) is 0.259. The average Bonchev–Trinajstić information content (AvgIpc) is 3.15. The van der Waals surface area contributed by atoms with Crippen LogP contribution < -0.4 is 5.32 Å². The van der Waals surface area contributed by atoms with Gasteiger partial charge in [0.25, 0.3) is 0 Å². The second-order valence-corrected chi connectivity index (χ2v) is 8.74. The van der Waals surface area contributed by atoms with Gasteiger partial charge in [-0.05, 0) is 23.8 Å². The minimum Gasteiger partial charge on any atom is -0.479 e. The first-order valence-electron chi connectivity index (χ1n) is 8.82. The smallest absolute Gasteiger partial charge is 0.330 e. The van der Waals surface area contributed by atoms with E-state index in [4.69, 9.17) is 4.74 Å². The minimum atomic E-state index is -1.27. The predicted molar refractivity (Wildman–Crippen MR) is 105 cm³/mol. The summed E-state index contributed by atoms with van der Waals surface area (Å²) < 4.78 is 5.02. The van der Waals surface area contributed by atoms with Crippen LogP contribution in [0.4, 0.5) is 0 Å². The number of hydrogen-bond acceptors (Lipinski definition) is 8. The average molecular weight is 440 g/mol. The Morgan fingerprint density at radius 1 is 1.38 bits per heavy atom. The molecule has 3 rings (SSSR count). The number of carboxylic acids is 1. The zero-order chi connectivity index (χ0) is 21.1. The van der Waals surface area contributed by atoms with Gasteiger partial charge in [0.05, 0.1) is 18.9 Å². The number of thioether (sulfide) groups is 1. The maximum absolute atomic E-state index is 12.5. The van der Waals surface area contributed by atoms with Gasteiger partial charge < -0.3 is 25.2 Å². The topological polar surface area (TPSA) is 133 Å². The summed E-state index contributed by atoms with van der Waals surface area (Å²) in [5, 5.41) is 24.3. The predicted octanol–water partition coefficient (Wildman–Crippen LogP) is 0.342. The Bertz CT molecular complexity index is 837. The van der Waals surface area contributed by atoms with Crippen molar-refractivity contribution >= 4 is 46.9 Å². The highest BCUT2D eigenvalue weighted by Gasteiger charge is 2.55. The fraction of sp³-hybridized carbons (Fsp3) is 0.444. The molecule has 0 spiro atoms. The summed E-state index contributed by atoms with van der Waals surface area (Å²) in [6.45, 7) is 1.15. The molecule has 9 nitrogen and oxygen atoms in total. The summed E-state index contributed by atoms with van der Waals surface area (Å²) in [6, 6.07) is 1.59. The summed E-state index contributed by atoms with van der Waals surface area (Å²) in [6.07, 6.45) is -0.920. The molecule has 4 atom stereocenters. The number of thiophene rings is 1. The summed E-state index contributed by atoms with van der Waals surface area (Å²) >= 11 is 2.63. The molecular formula is C18H20N2O7S2. The van der Waals surface area contributed by atoms with Crippen LogP contribution in [0.25, 0.3) is 0 Å². The Balaban J connectivity index is 1.63. The Morgan fingerprint density at radius 3 is 2.76 bits per heavy atom. The first-order valence-corrected chi connectivity index (χ1v) is 10.6. The Morgan fingerprint density at radius 2 is 2.14 bits per heavy atom. The van der Waals surface area contributed by atoms with Gasteiger partial charge >= 0.3 is 11.9 Å². The third kappa shape index (κ3) is 4.80. The maximum Gasteiger partial charge on any atom is 0.330 e. The van der Waals surface area contributed by atoms with Crippen molar-refractivity contribution in [1.82, 2.24) is 10.2 Å². The van der Waals surface area contributed by atoms with Gasteiger partial charge in [0.2, 0.25) is 11.8 Å². The number of aliphatic carboxylic acids is 1. The second-order valence-electron chi connectivity index (χ2n) is 6.72. The maximum atomic E-state index is 12.5. The molecular weight excluding hydrogens is 420 g/mol. The van der Waals surface area contributed by atoms with Gasteiger partial charge in [0.1, 0.15) is 18.0 Å². The molecule has 0 aliphatic carbocycles. The first-order chi connectivity index (χ1) is 13.8. The molecule has 3 N–H and O–H groups in total. The van der Waals surface area contributed by atoms with Crippen LogP contribution >= 0.6 is 23.1 Å². The fourth-order valence-corrected chi connectivity index (χ4v) is 5.00. The number of aliphatic hydroxyl groups excluding tert-OH is 1. The first kappa shape index (κ1) is 21.3. The number of β-lactam (4-membered cyclic amide) rings is 1. The van der Waals surface area contributed by atoms with Crippen molar-refractivity contribution < 1.29 is 34.1 Å². The highest BCUT2D eigenvalue weighted by Crippen LogP contribution is 2.40. The third-order valence-electron chi connectivity index (χ3n) is 4.40. The van der Waals surface area contributed by atoms with Gasteiger partial charge in [-0.25, -0.2) is 4.79 Å². The molecule has 3 heterocycles. The van der Waals surface area contributed by atoms with E-state index in [2.05, 4.69) is 5.32 Å². The van der Waals surface area contributed by atoms with Gasteiger partial charge in [-0.2, -0.15) is 0 Å². The van der Waals surface area contributed by atoms with Crippen LogP contribution in [0.5, 0.6) is 0 Å². The Labute approximate surface area is 174 Å². The number of hydrogen-bond donors (Lipinski definition) is 3. The number of carboxylic acid groups (broad SMARTS) is 1. The van der Waals surface area contributed by atoms with E-state index < -0.39 is 41.4 Å². The van der Waals surface area contributed by atoms with Crippen LogP contribution in [0.2, 0.25) is 0 Å². The van der Waals surface area contributed by atoms with Crippen molar-refractivity contribution in [1.29, 1.82) is 0 Å². The minimum absolute atomic E-state index is 0.154. The Kier molecular flexibility index (Phi) is 6.60. The van der Waals surface area contributed by atoms with E-state index in [9.17, 15) is 29.4 Å². The lowest BCUT2D eigenvalue weighted by molar-refractivity contribution is -0.160. The van der Waals surface area contributed by atoms with Crippen LogP contribution in [-0.4, -0.2) is 69.0 Å². The lowest BCUT2D eigenvalue weighted by atomic mass is 9.98. The standard InChI is InChI=1S/C18H20N2O7S2/c1-9(21)5-13(23)27-7-10-8-29-17-14(16(24)20(17)15(10)18(25)26)19-12(22)6-11-3-2-4-28-11/h2-4,8-9,14-15,17,21H,5-7H2,1H3,(H,19,22)(H,25,26)/t9?,14?,15?,17-/m0/s1. The summed E-state index contributed by atoms with van der Waals surface area (Å²) in [5.74, 6) is -2.70. The fourth-order valence-electron chi connectivity index (χ4n) is 3.09. The monoisotopic (exact) mass is 440 g/mol. The molecule has 1 aromatic rings. The van der Waals surface area contributed by atoms with Crippen molar-refractivity contribution in [2.24, 2.45) is 0 Å². The van der Waals surface area contributed by atoms with Crippen molar-refractivity contribution in [3.63, 3.8) is 0 Å². The molecule has 3 unspecified atom stereocenters. The van der Waals surface area contributed by atoms with Crippen LogP contribution in [-0.2, 0) is 30.3 Å². The molecule has 1 fully saturated rings. The number of carbonyl (C=O) groups is 4. The number of aliphatic hydroxyl groups is 1. The molecule has 11 heteroatoms. The molecule has 0 saturated carbocycles. The number of carbonyl (C=O) groups excluding carboxylic acids is 3. The molecule has 0 aromatic carbocycles. The van der Waals surface area contributed by atoms with E-state index >= 15 is 0 Å². The second kappa shape index (κ2) is 8.97. The van der Waals surface area contributed by atoms with Crippen molar-refractivity contribution in [2.75, 3.05) is 6.61 Å². The van der Waals surface area contributed by atoms with Crippen molar-refractivity contribution in [3.8, 4) is 0 Å². The molecule has 29 heavy (non-hydrogen) atoms. The largest absolute Gasteiger partial charge is 0.479 e. The van der Waals surface area contributed by atoms with Gasteiger partial charge in [0.15, 0.2) is 6.04 Å². The SMILES string of the molecule is CC(O)CC(=O)OCC1=CS[C@H]2C(NC(=O)Cc3cccs3)C(=O)N2C1C(=O)O. The van der Waals surface area contributed by atoms with Crippen LogP contribution in [0, 0.1) is 0 Å². The highest BCUT2D eigenvalue weighted by atomic mass is 32.2. The van der Waals surface area contributed by atoms with Crippen molar-refractivity contribution in [2.45, 2.75) is 43.3 Å². The number of nitrogens with one attached hydrogen (secondary N) is 1. The van der Waals surface area contributed by atoms with Gasteiger partial charge in [-0.3, -0.25) is 14.4 Å². The van der Waals surface area contributed by atoms with Gasteiger partial charge in [0, 0.05) is 10.5 Å². The molecule has 156 valence electrons. The lowest BCUT2D eigenvalue weighted by Gasteiger charge is -2.51. The summed E-state index contributed by atoms with van der Waals surface area (Å²) in [7, 11) is 0. The lowest BCUT2D eigenvalue weighted by Crippen LogP contribution is -2.74. The normalized spacial score (nSPS) is 24.1. The van der Waals surface area contributed by atoms with E-state index in [1.54, 1.807) is 5.41 Å². The third-order valence-corrected chi connectivity index (χ3v) is 6.49. The summed E-state index contributed by atoms with van der Waals surface area (Å²) in [4.78, 5) is 50.1. The van der Waals surface area contributed by atoms with E-state index in [1.165, 1.54) is 34.9 Å². The van der Waals surface area contributed by atoms with Crippen LogP contribution in [0.1, 0.15) is 18.2 Å². The number of rotatable bonds is 8. The number of nitrogens with zero attached hydrogens (tertiary/aromatic N) is 1. The van der Waals surface area contributed by atoms with Crippen molar-refractivity contribution in [3.05, 3.63) is 33.4 Å². The van der Waals surface area contributed by atoms with Gasteiger partial charge in [-0.15, -0.1) is 23.1 Å². The molecule has 0 bridgehead atoms. The number of fused-ring (bicyclic) bond motifs is 1. The quantitative estimate of drug-likeness (QED) is 0.389. The van der Waals surface area contributed by atoms with E-state index in [1.807, 2.05) is 17.5 Å². The Hall–Kier alpha value is -2.37. The number of ether oxygens (including phenoxy) is 1. The molecule has 0 radical (unpaired) electrons.